The van der Waals surface area contributed by atoms with Gasteiger partial charge in [-0.2, -0.15) is 0 Å². The van der Waals surface area contributed by atoms with Crippen molar-refractivity contribution >= 4 is 17.6 Å². The summed E-state index contributed by atoms with van der Waals surface area (Å²) in [5.74, 6) is -0.938. The van der Waals surface area contributed by atoms with Crippen molar-refractivity contribution in [3.63, 3.8) is 0 Å². The normalized spacial score (nSPS) is 19.9. The Morgan fingerprint density at radius 1 is 1.40 bits per heavy atom. The van der Waals surface area contributed by atoms with E-state index in [0.29, 0.717) is 0 Å². The first-order valence-electron chi connectivity index (χ1n) is 6.76. The summed E-state index contributed by atoms with van der Waals surface area (Å²) in [6.07, 6.45) is 0.282. The lowest BCUT2D eigenvalue weighted by Gasteiger charge is -2.34. The average molecular weight is 276 g/mol. The lowest BCUT2D eigenvalue weighted by molar-refractivity contribution is -0.141. The van der Waals surface area contributed by atoms with Gasteiger partial charge in [-0.25, -0.2) is 0 Å². The summed E-state index contributed by atoms with van der Waals surface area (Å²) in [6, 6.07) is 6.69. The largest absolute Gasteiger partial charge is 0.480 e. The van der Waals surface area contributed by atoms with E-state index in [1.54, 1.807) is 11.9 Å². The molecule has 20 heavy (non-hydrogen) atoms. The van der Waals surface area contributed by atoms with E-state index in [2.05, 4.69) is 5.32 Å². The van der Waals surface area contributed by atoms with E-state index in [4.69, 9.17) is 0 Å². The molecule has 1 amide bonds. The fraction of sp³-hybridized carbons (Fsp3) is 0.467. The molecule has 1 aliphatic heterocycles. The Balaban J connectivity index is 2.31. The van der Waals surface area contributed by atoms with Crippen LogP contribution in [-0.4, -0.2) is 30.1 Å². The van der Waals surface area contributed by atoms with Crippen LogP contribution < -0.4 is 10.2 Å². The molecule has 2 rings (SSSR count). The molecule has 1 aromatic carbocycles. The molecule has 0 saturated heterocycles. The molecule has 1 aromatic rings. The number of amides is 1. The number of hydrogen-bond donors (Lipinski definition) is 2. The standard InChI is InChI=1S/C15H20N2O3/c1-9(2)14(15(19)20)16-11-8-13(18)17(3)12-7-5-4-6-10(11)12/h4-7,9,11,14,16H,8H2,1-3H3,(H,19,20). The maximum atomic E-state index is 12.0. The summed E-state index contributed by atoms with van der Waals surface area (Å²) in [7, 11) is 1.74. The second kappa shape index (κ2) is 5.63. The quantitative estimate of drug-likeness (QED) is 0.879. The Morgan fingerprint density at radius 3 is 2.65 bits per heavy atom. The molecule has 0 fully saturated rings. The minimum atomic E-state index is -0.885. The Labute approximate surface area is 118 Å². The minimum absolute atomic E-state index is 0.00547. The van der Waals surface area contributed by atoms with Gasteiger partial charge in [0.1, 0.15) is 6.04 Å². The number of rotatable bonds is 4. The number of fused-ring (bicyclic) bond motifs is 1. The molecule has 5 heteroatoms. The first-order chi connectivity index (χ1) is 9.41. The van der Waals surface area contributed by atoms with Crippen LogP contribution in [0.25, 0.3) is 0 Å². The van der Waals surface area contributed by atoms with Gasteiger partial charge in [-0.3, -0.25) is 14.9 Å². The molecule has 0 aliphatic carbocycles. The van der Waals surface area contributed by atoms with E-state index >= 15 is 0 Å². The van der Waals surface area contributed by atoms with Crippen molar-refractivity contribution in [2.24, 2.45) is 5.92 Å². The van der Waals surface area contributed by atoms with Crippen LogP contribution in [0.1, 0.15) is 31.9 Å². The second-order valence-electron chi connectivity index (χ2n) is 5.49. The highest BCUT2D eigenvalue weighted by atomic mass is 16.4. The number of hydrogen-bond acceptors (Lipinski definition) is 3. The fourth-order valence-electron chi connectivity index (χ4n) is 2.56. The van der Waals surface area contributed by atoms with Crippen molar-refractivity contribution in [2.45, 2.75) is 32.4 Å². The van der Waals surface area contributed by atoms with Gasteiger partial charge in [0.15, 0.2) is 0 Å². The van der Waals surface area contributed by atoms with Gasteiger partial charge in [0.25, 0.3) is 0 Å². The van der Waals surface area contributed by atoms with Crippen molar-refractivity contribution in [3.05, 3.63) is 29.8 Å². The van der Waals surface area contributed by atoms with Crippen molar-refractivity contribution in [1.82, 2.24) is 5.32 Å². The van der Waals surface area contributed by atoms with E-state index in [9.17, 15) is 14.7 Å². The van der Waals surface area contributed by atoms with Gasteiger partial charge in [0, 0.05) is 25.2 Å². The van der Waals surface area contributed by atoms with Crippen LogP contribution in [0.3, 0.4) is 0 Å². The minimum Gasteiger partial charge on any atom is -0.480 e. The number of carboxylic acids is 1. The highest BCUT2D eigenvalue weighted by molar-refractivity contribution is 5.96. The molecule has 1 heterocycles. The van der Waals surface area contributed by atoms with Gasteiger partial charge >= 0.3 is 5.97 Å². The van der Waals surface area contributed by atoms with Crippen LogP contribution in [0.15, 0.2) is 24.3 Å². The Hall–Kier alpha value is -1.88. The number of para-hydroxylation sites is 1. The molecule has 5 nitrogen and oxygen atoms in total. The van der Waals surface area contributed by atoms with Gasteiger partial charge in [-0.05, 0) is 17.5 Å². The molecule has 0 saturated carbocycles. The maximum absolute atomic E-state index is 12.0. The zero-order valence-corrected chi connectivity index (χ0v) is 12.0. The topological polar surface area (TPSA) is 69.6 Å². The van der Waals surface area contributed by atoms with Crippen LogP contribution in [0.2, 0.25) is 0 Å². The third-order valence-electron chi connectivity index (χ3n) is 3.74. The van der Waals surface area contributed by atoms with E-state index in [1.165, 1.54) is 0 Å². The van der Waals surface area contributed by atoms with Crippen LogP contribution in [-0.2, 0) is 9.59 Å². The van der Waals surface area contributed by atoms with E-state index < -0.39 is 12.0 Å². The molecule has 108 valence electrons. The van der Waals surface area contributed by atoms with Crippen molar-refractivity contribution in [3.8, 4) is 0 Å². The summed E-state index contributed by atoms with van der Waals surface area (Å²) in [5, 5.41) is 12.4. The zero-order chi connectivity index (χ0) is 14.9. The molecule has 0 bridgehead atoms. The van der Waals surface area contributed by atoms with Gasteiger partial charge in [0.05, 0.1) is 0 Å². The molecule has 2 unspecified atom stereocenters. The molecule has 0 spiro atoms. The van der Waals surface area contributed by atoms with Crippen LogP contribution in [0, 0.1) is 5.92 Å². The summed E-state index contributed by atoms with van der Waals surface area (Å²) < 4.78 is 0. The van der Waals surface area contributed by atoms with Crippen molar-refractivity contribution in [1.29, 1.82) is 0 Å². The number of benzene rings is 1. The number of carboxylic acid groups (broad SMARTS) is 1. The highest BCUT2D eigenvalue weighted by Crippen LogP contribution is 2.33. The van der Waals surface area contributed by atoms with Crippen LogP contribution >= 0.6 is 0 Å². The number of aliphatic carboxylic acids is 1. The Morgan fingerprint density at radius 2 is 2.05 bits per heavy atom. The summed E-state index contributed by atoms with van der Waals surface area (Å²) >= 11 is 0. The summed E-state index contributed by atoms with van der Waals surface area (Å²) in [4.78, 5) is 25.0. The Bertz CT molecular complexity index is 528. The second-order valence-corrected chi connectivity index (χ2v) is 5.49. The SMILES string of the molecule is CC(C)C(NC1CC(=O)N(C)c2ccccc21)C(=O)O. The lowest BCUT2D eigenvalue weighted by Crippen LogP contribution is -2.46. The van der Waals surface area contributed by atoms with E-state index in [-0.39, 0.29) is 24.3 Å². The predicted octanol–water partition coefficient (Wildman–Crippen LogP) is 1.79. The van der Waals surface area contributed by atoms with Crippen LogP contribution in [0.5, 0.6) is 0 Å². The first-order valence-corrected chi connectivity index (χ1v) is 6.76. The van der Waals surface area contributed by atoms with E-state index in [1.807, 2.05) is 38.1 Å². The molecule has 0 radical (unpaired) electrons. The summed E-state index contributed by atoms with van der Waals surface area (Å²) in [5.41, 5.74) is 1.82. The summed E-state index contributed by atoms with van der Waals surface area (Å²) in [6.45, 7) is 3.71. The van der Waals surface area contributed by atoms with Crippen molar-refractivity contribution < 1.29 is 14.7 Å². The monoisotopic (exact) mass is 276 g/mol. The number of carbonyl (C=O) groups excluding carboxylic acids is 1. The van der Waals surface area contributed by atoms with Crippen molar-refractivity contribution in [2.75, 3.05) is 11.9 Å². The Kier molecular flexibility index (Phi) is 4.09. The molecule has 0 aromatic heterocycles. The smallest absolute Gasteiger partial charge is 0.320 e. The number of nitrogens with one attached hydrogen (secondary N) is 1. The highest BCUT2D eigenvalue weighted by Gasteiger charge is 2.32. The molecular weight excluding hydrogens is 256 g/mol. The fourth-order valence-corrected chi connectivity index (χ4v) is 2.56. The van der Waals surface area contributed by atoms with Crippen LogP contribution in [0.4, 0.5) is 5.69 Å². The number of nitrogens with zero attached hydrogens (tertiary/aromatic N) is 1. The maximum Gasteiger partial charge on any atom is 0.320 e. The molecule has 2 N–H and O–H groups in total. The average Bonchev–Trinajstić information content (AvgIpc) is 2.40. The number of anilines is 1. The van der Waals surface area contributed by atoms with Gasteiger partial charge < -0.3 is 10.0 Å². The molecular formula is C15H20N2O3. The van der Waals surface area contributed by atoms with Gasteiger partial charge in [-0.1, -0.05) is 32.0 Å². The molecule has 1 aliphatic rings. The first kappa shape index (κ1) is 14.5. The third-order valence-corrected chi connectivity index (χ3v) is 3.74. The lowest BCUT2D eigenvalue weighted by atomic mass is 9.93. The molecule has 2 atom stereocenters. The zero-order valence-electron chi connectivity index (χ0n) is 12.0. The predicted molar refractivity (Wildman–Crippen MR) is 76.6 cm³/mol. The van der Waals surface area contributed by atoms with Gasteiger partial charge in [-0.15, -0.1) is 0 Å². The van der Waals surface area contributed by atoms with Gasteiger partial charge in [0.2, 0.25) is 5.91 Å². The number of carbonyl (C=O) groups is 2. The van der Waals surface area contributed by atoms with E-state index in [0.717, 1.165) is 11.3 Å². The third kappa shape index (κ3) is 2.67.